The van der Waals surface area contributed by atoms with Crippen LogP contribution in [0.1, 0.15) is 280 Å². The molecule has 6 aliphatic carbocycles. The first-order valence-electron chi connectivity index (χ1n) is 53.8. The monoisotopic (exact) mass is 2090 g/mol. The lowest BCUT2D eigenvalue weighted by atomic mass is 9.81. The third-order valence-electron chi connectivity index (χ3n) is 34.5. The Morgan fingerprint density at radius 2 is 0.713 bits per heavy atom. The van der Waals surface area contributed by atoms with Gasteiger partial charge in [-0.3, -0.25) is 28.8 Å². The van der Waals surface area contributed by atoms with Crippen LogP contribution in [0.15, 0.2) is 170 Å². The molecule has 9 heterocycles. The smallest absolute Gasteiger partial charge is 0.410 e. The maximum Gasteiger partial charge on any atom is 0.410 e. The molecule has 6 saturated carbocycles. The van der Waals surface area contributed by atoms with Crippen molar-refractivity contribution in [2.75, 3.05) is 113 Å². The van der Waals surface area contributed by atoms with Gasteiger partial charge in [-0.15, -0.1) is 0 Å². The van der Waals surface area contributed by atoms with Crippen LogP contribution in [-0.2, 0) is 68.8 Å². The summed E-state index contributed by atoms with van der Waals surface area (Å²) in [6, 6.07) is 56.0. The van der Waals surface area contributed by atoms with Crippen molar-refractivity contribution >= 4 is 104 Å². The van der Waals surface area contributed by atoms with Gasteiger partial charge in [0, 0.05) is 169 Å². The van der Waals surface area contributed by atoms with Crippen LogP contribution >= 0.6 is 0 Å². The Bertz CT molecular complexity index is 7560. The molecule has 792 valence electrons. The molecule has 7 amide bonds. The minimum Gasteiger partial charge on any atom is -0.497 e. The summed E-state index contributed by atoms with van der Waals surface area (Å²) in [6.45, 7) is 16.4. The summed E-state index contributed by atoms with van der Waals surface area (Å²) < 4.78 is 110. The normalized spacial score (nSPS) is 23.4. The number of nitrogens with one attached hydrogen (secondary N) is 3. The van der Waals surface area contributed by atoms with E-state index in [0.29, 0.717) is 89.5 Å². The fraction of sp³-hybridized carbons (Fsp3) is 0.483. The molecule has 9 fully saturated rings. The summed E-state index contributed by atoms with van der Waals surface area (Å²) in [4.78, 5) is 111. The Balaban J connectivity index is 0.000000131. The maximum atomic E-state index is 15.3. The van der Waals surface area contributed by atoms with E-state index in [1.165, 1.54) is 36.0 Å². The van der Waals surface area contributed by atoms with Crippen molar-refractivity contribution < 1.29 is 77.8 Å². The van der Waals surface area contributed by atoms with Gasteiger partial charge < -0.3 is 62.0 Å². The summed E-state index contributed by atoms with van der Waals surface area (Å²) in [7, 11) is -2.06. The van der Waals surface area contributed by atoms with Gasteiger partial charge in [0.2, 0.25) is 47.8 Å². The second-order valence-electron chi connectivity index (χ2n) is 45.8. The van der Waals surface area contributed by atoms with Crippen LogP contribution in [0.2, 0.25) is 0 Å². The second-order valence-corrected chi connectivity index (χ2v) is 51.5. The highest BCUT2D eigenvalue weighted by Gasteiger charge is 2.68. The molecule has 8 atom stereocenters. The predicted molar refractivity (Wildman–Crippen MR) is 581 cm³/mol. The molecule has 23 rings (SSSR count). The molecule has 29 nitrogen and oxygen atoms in total. The van der Waals surface area contributed by atoms with Gasteiger partial charge in [-0.05, 0) is 266 Å². The molecular formula is C118H140N12O17S3. The van der Waals surface area contributed by atoms with Crippen molar-refractivity contribution in [3.05, 3.63) is 231 Å². The number of amides is 7. The molecule has 8 aromatic carbocycles. The van der Waals surface area contributed by atoms with Crippen molar-refractivity contribution in [1.82, 2.24) is 57.3 Å². The van der Waals surface area contributed by atoms with Crippen LogP contribution in [0.25, 0.3) is 66.5 Å². The Kier molecular flexibility index (Phi) is 27.8. The number of hydrogen-bond acceptors (Lipinski definition) is 19. The van der Waals surface area contributed by atoms with Crippen LogP contribution in [0.5, 0.6) is 17.2 Å². The minimum absolute atomic E-state index is 0.0167. The number of carbonyl (C=O) groups is 7. The second kappa shape index (κ2) is 40.3. The van der Waals surface area contributed by atoms with Crippen LogP contribution in [0.3, 0.4) is 0 Å². The summed E-state index contributed by atoms with van der Waals surface area (Å²) in [5, 5.41) is 2.44. The van der Waals surface area contributed by atoms with Crippen molar-refractivity contribution in [3.8, 4) is 51.0 Å². The lowest BCUT2D eigenvalue weighted by Gasteiger charge is -2.42. The highest BCUT2D eigenvalue weighted by molar-refractivity contribution is 7.90. The number of piperazine rings is 2. The van der Waals surface area contributed by atoms with Gasteiger partial charge in [0.25, 0.3) is 17.7 Å². The molecule has 0 spiro atoms. The predicted octanol–water partition coefficient (Wildman–Crippen LogP) is 18.9. The summed E-state index contributed by atoms with van der Waals surface area (Å²) in [6.07, 6.45) is 21.4. The molecule has 8 unspecified atom stereocenters. The number of hydrogen-bond donors (Lipinski definition) is 3. The zero-order chi connectivity index (χ0) is 105. The third kappa shape index (κ3) is 19.6. The number of fused-ring (bicyclic) bond motifs is 21. The molecule has 0 bridgehead atoms. The number of carbonyl (C=O) groups excluding carboxylic acids is 7. The number of benzene rings is 8. The Morgan fingerprint density at radius 1 is 0.380 bits per heavy atom. The molecule has 0 radical (unpaired) electrons. The van der Waals surface area contributed by atoms with E-state index in [9.17, 15) is 49.2 Å². The van der Waals surface area contributed by atoms with E-state index in [1.807, 2.05) is 111 Å². The van der Waals surface area contributed by atoms with E-state index in [4.69, 9.17) is 18.9 Å². The molecule has 6 aliphatic heterocycles. The standard InChI is InChI=1S/C41H48N4O5S.C39H44N4O5S.C38H48N4O7S/c1-26(2)51(48,49)42-39(46)29-15-17-32-35(21-29)45-25-41(40(47)44-20-19-43(3)24-36(44)27-11-7-5-8-12-27)23-34(41)33-22-30(50-4)16-18-31(33)38(45)37(32)28-13-9-6-10-14-28;1-41-18-19-42(34(23-41)25-10-6-4-7-11-25)38(45)39-22-32(39)31-21-28(48-2)15-17-29(31)36-35(26-12-8-5-9-13-26)30-16-14-27(20-33(30)43(36)24-39)37(44)40-49(3,46)47;1-37(2,3)49-36(45)41-17-9-16-40(18-19-41)35(44)38-22-30(38)29-21-26(48-4)13-15-27(29)33-32(24-10-7-6-8-11-24)28-14-12-25(20-31(28)42(33)23-38)34(43)39-50(5,46)47/h5,7-8,11-12,15-18,21-22,26,28,34,36H,6,9-10,13-14,19-20,23-25H2,1-4H3,(H,42,46);4,6-7,10-11,14-17,20-21,26,32,34H,5,8-9,12-13,18-19,22-24H2,1-3H3,(H,40,44);12-15,20-21,24,30H,6-11,16-19,22-23H2,1-5H3,(H,39,43). The molecular weight excluding hydrogens is 1950 g/mol. The zero-order valence-corrected chi connectivity index (χ0v) is 90.6. The average Bonchev–Trinajstić information content (AvgIpc) is 1.51. The lowest BCUT2D eigenvalue weighted by molar-refractivity contribution is -0.143. The third-order valence-corrected chi connectivity index (χ3v) is 37.4. The minimum atomic E-state index is -3.82. The first-order chi connectivity index (χ1) is 71.8. The number of nitrogens with zero attached hydrogens (tertiary/aromatic N) is 9. The van der Waals surface area contributed by atoms with E-state index >= 15 is 9.59 Å². The highest BCUT2D eigenvalue weighted by atomic mass is 32.2. The fourth-order valence-corrected chi connectivity index (χ4v) is 28.3. The van der Waals surface area contributed by atoms with E-state index in [0.717, 1.165) is 240 Å². The molecule has 3 N–H and O–H groups in total. The van der Waals surface area contributed by atoms with Gasteiger partial charge in [0.05, 0.1) is 84.5 Å². The van der Waals surface area contributed by atoms with Crippen molar-refractivity contribution in [1.29, 1.82) is 0 Å². The van der Waals surface area contributed by atoms with Crippen molar-refractivity contribution in [3.63, 3.8) is 0 Å². The Labute approximate surface area is 880 Å². The summed E-state index contributed by atoms with van der Waals surface area (Å²) in [5.41, 5.74) is 16.8. The SMILES string of the molecule is COc1ccc2c(c1)C1CC1(C(=O)N1CCCN(C(=O)OC(C)(C)C)CC1)Cn1c-2c(C2CCCCC2)c2ccc(C(=O)NS(C)(=O)=O)cc21.COc1ccc2c(c1)C1CC1(C(=O)N1CCN(C)CC1c1ccccc1)Cn1c-2c(C2CCCCC2)c2ccc(C(=O)NS(=O)(=O)C(C)C)cc21.COc1ccc2c(c1)C1CC1(C(=O)N1CCN(C)CC1c1ccccc1)Cn1c-2c(C2CCCCC2)c2ccc(C(=O)NS(C)(=O)=O)cc21. The molecule has 3 saturated heterocycles. The van der Waals surface area contributed by atoms with Gasteiger partial charge in [-0.2, -0.15) is 0 Å². The van der Waals surface area contributed by atoms with Crippen LogP contribution in [0.4, 0.5) is 4.79 Å². The van der Waals surface area contributed by atoms with Gasteiger partial charge in [-0.25, -0.2) is 44.2 Å². The summed E-state index contributed by atoms with van der Waals surface area (Å²) >= 11 is 0. The number of aromatic nitrogens is 3. The Morgan fingerprint density at radius 3 is 1.05 bits per heavy atom. The quantitative estimate of drug-likeness (QED) is 0.0718. The topological polar surface area (TPSA) is 329 Å². The number of likely N-dealkylation sites (N-methyl/N-ethyl adjacent to an activating group) is 2. The number of methoxy groups -OCH3 is 3. The number of rotatable bonds is 18. The van der Waals surface area contributed by atoms with Gasteiger partial charge in [0.15, 0.2) is 0 Å². The molecule has 32 heteroatoms. The van der Waals surface area contributed by atoms with E-state index in [2.05, 4.69) is 122 Å². The van der Waals surface area contributed by atoms with E-state index < -0.39 is 74.9 Å². The van der Waals surface area contributed by atoms with Crippen LogP contribution < -0.4 is 28.4 Å². The van der Waals surface area contributed by atoms with Crippen LogP contribution in [0, 0.1) is 16.2 Å². The van der Waals surface area contributed by atoms with E-state index in [1.54, 1.807) is 64.3 Å². The fourth-order valence-electron chi connectivity index (χ4n) is 26.8. The largest absolute Gasteiger partial charge is 0.497 e. The summed E-state index contributed by atoms with van der Waals surface area (Å²) in [5.74, 6) is 1.74. The first-order valence-corrected chi connectivity index (χ1v) is 59.1. The first kappa shape index (κ1) is 103. The number of sulfonamides is 3. The lowest BCUT2D eigenvalue weighted by Crippen LogP contribution is -2.52. The average molecular weight is 2090 g/mol. The van der Waals surface area contributed by atoms with Crippen molar-refractivity contribution in [2.45, 2.75) is 235 Å². The van der Waals surface area contributed by atoms with Crippen molar-refractivity contribution in [2.24, 2.45) is 16.2 Å². The molecule has 3 aromatic heterocycles. The Hall–Kier alpha value is -12.4. The maximum absolute atomic E-state index is 15.3. The molecule has 12 aliphatic rings. The van der Waals surface area contributed by atoms with Gasteiger partial charge >= 0.3 is 6.09 Å². The van der Waals surface area contributed by atoms with E-state index in [-0.39, 0.29) is 70.3 Å². The van der Waals surface area contributed by atoms with Gasteiger partial charge in [0.1, 0.15) is 22.8 Å². The van der Waals surface area contributed by atoms with Gasteiger partial charge in [-0.1, -0.05) is 137 Å². The zero-order valence-electron chi connectivity index (χ0n) is 88.2. The molecule has 11 aromatic rings. The molecule has 150 heavy (non-hydrogen) atoms. The highest BCUT2D eigenvalue weighted by Crippen LogP contribution is 2.70. The number of ether oxygens (including phenoxy) is 4. The van der Waals surface area contributed by atoms with Crippen LogP contribution in [-0.4, -0.2) is 234 Å².